The molecule has 0 bridgehead atoms. The lowest BCUT2D eigenvalue weighted by atomic mass is 10.1. The molecule has 2 aromatic heterocycles. The Bertz CT molecular complexity index is 889. The van der Waals surface area contributed by atoms with E-state index in [-0.39, 0.29) is 18.3 Å². The van der Waals surface area contributed by atoms with E-state index in [2.05, 4.69) is 15.1 Å². The molecule has 1 amide bonds. The Hall–Kier alpha value is -2.96. The Balaban J connectivity index is 1.54. The summed E-state index contributed by atoms with van der Waals surface area (Å²) in [6.07, 6.45) is 2.69. The van der Waals surface area contributed by atoms with Crippen molar-refractivity contribution in [2.75, 3.05) is 12.3 Å². The summed E-state index contributed by atoms with van der Waals surface area (Å²) in [7, 11) is 0. The van der Waals surface area contributed by atoms with E-state index in [1.165, 1.54) is 0 Å². The molecule has 3 heterocycles. The van der Waals surface area contributed by atoms with Gasteiger partial charge in [0.2, 0.25) is 11.9 Å². The molecule has 0 spiro atoms. The van der Waals surface area contributed by atoms with Crippen LogP contribution in [-0.2, 0) is 24.2 Å². The van der Waals surface area contributed by atoms with E-state index in [1.54, 1.807) is 11.1 Å². The molecule has 0 atom stereocenters. The third-order valence-corrected chi connectivity index (χ3v) is 4.09. The summed E-state index contributed by atoms with van der Waals surface area (Å²) >= 11 is 0. The van der Waals surface area contributed by atoms with Crippen molar-refractivity contribution in [3.8, 4) is 0 Å². The van der Waals surface area contributed by atoms with Gasteiger partial charge in [-0.05, 0) is 24.1 Å². The van der Waals surface area contributed by atoms with Crippen molar-refractivity contribution >= 4 is 22.8 Å². The fourth-order valence-corrected chi connectivity index (χ4v) is 2.85. The highest BCUT2D eigenvalue weighted by atomic mass is 16.5. The van der Waals surface area contributed by atoms with E-state index in [0.717, 1.165) is 23.1 Å². The largest absolute Gasteiger partial charge is 0.368 e. The molecule has 1 aliphatic rings. The summed E-state index contributed by atoms with van der Waals surface area (Å²) in [4.78, 5) is 22.6. The van der Waals surface area contributed by atoms with Crippen LogP contribution in [0.2, 0.25) is 0 Å². The fraction of sp³-hybridized carbons (Fsp3) is 0.250. The number of carbonyl (C=O) groups excluding carboxylic acids is 1. The summed E-state index contributed by atoms with van der Waals surface area (Å²) in [6, 6.07) is 7.54. The van der Waals surface area contributed by atoms with Crippen LogP contribution >= 0.6 is 0 Å². The first-order valence-corrected chi connectivity index (χ1v) is 7.42. The van der Waals surface area contributed by atoms with Crippen LogP contribution in [0.5, 0.6) is 0 Å². The number of nitrogens with two attached hydrogens (primary N) is 1. The number of para-hydroxylation sites is 1. The summed E-state index contributed by atoms with van der Waals surface area (Å²) in [5.41, 5.74) is 8.86. The first kappa shape index (κ1) is 13.7. The van der Waals surface area contributed by atoms with Crippen molar-refractivity contribution in [2.45, 2.75) is 19.4 Å². The van der Waals surface area contributed by atoms with E-state index < -0.39 is 0 Å². The molecule has 4 rings (SSSR count). The number of nitrogen functional groups attached to an aromatic ring is 1. The Morgan fingerprint density at radius 3 is 3.13 bits per heavy atom. The molecule has 7 nitrogen and oxygen atoms in total. The molecular weight excluding hydrogens is 294 g/mol. The highest BCUT2D eigenvalue weighted by molar-refractivity contribution is 5.86. The minimum atomic E-state index is 0.00638. The van der Waals surface area contributed by atoms with E-state index >= 15 is 0 Å². The number of amides is 1. The zero-order chi connectivity index (χ0) is 15.8. The van der Waals surface area contributed by atoms with Crippen LogP contribution in [0.1, 0.15) is 17.0 Å². The molecule has 0 saturated carbocycles. The Morgan fingerprint density at radius 1 is 1.35 bits per heavy atom. The van der Waals surface area contributed by atoms with Crippen molar-refractivity contribution in [2.24, 2.45) is 0 Å². The molecule has 23 heavy (non-hydrogen) atoms. The molecule has 3 aromatic rings. The van der Waals surface area contributed by atoms with Gasteiger partial charge in [-0.1, -0.05) is 17.3 Å². The molecule has 0 saturated heterocycles. The maximum absolute atomic E-state index is 12.6. The van der Waals surface area contributed by atoms with Crippen LogP contribution in [0.3, 0.4) is 0 Å². The van der Waals surface area contributed by atoms with Crippen LogP contribution in [0.25, 0.3) is 11.0 Å². The van der Waals surface area contributed by atoms with Gasteiger partial charge in [0.1, 0.15) is 5.69 Å². The van der Waals surface area contributed by atoms with Gasteiger partial charge in [0.05, 0.1) is 18.7 Å². The molecule has 1 aromatic carbocycles. The lowest BCUT2D eigenvalue weighted by Crippen LogP contribution is -2.37. The normalized spacial score (nSPS) is 14.0. The quantitative estimate of drug-likeness (QED) is 0.767. The number of aromatic nitrogens is 3. The van der Waals surface area contributed by atoms with Crippen molar-refractivity contribution in [3.05, 3.63) is 47.4 Å². The van der Waals surface area contributed by atoms with Gasteiger partial charge in [-0.2, -0.15) is 0 Å². The number of benzene rings is 1. The second-order valence-corrected chi connectivity index (χ2v) is 5.57. The highest BCUT2D eigenvalue weighted by Gasteiger charge is 2.23. The van der Waals surface area contributed by atoms with E-state index in [4.69, 9.17) is 10.3 Å². The van der Waals surface area contributed by atoms with Crippen LogP contribution in [0, 0.1) is 0 Å². The number of fused-ring (bicyclic) bond motifs is 2. The van der Waals surface area contributed by atoms with Crippen LogP contribution in [-0.4, -0.2) is 32.5 Å². The van der Waals surface area contributed by atoms with E-state index in [9.17, 15) is 4.79 Å². The van der Waals surface area contributed by atoms with E-state index in [1.807, 2.05) is 24.3 Å². The van der Waals surface area contributed by atoms with E-state index in [0.29, 0.717) is 24.4 Å². The standard InChI is InChI=1S/C16H15N5O2/c17-16-18-8-10-5-6-21(9-13(10)19-16)15(22)7-12-11-3-1-2-4-14(11)23-20-12/h1-4,8H,5-7,9H2,(H2,17,18,19). The Morgan fingerprint density at radius 2 is 2.22 bits per heavy atom. The smallest absolute Gasteiger partial charge is 0.229 e. The molecule has 0 radical (unpaired) electrons. The Labute approximate surface area is 132 Å². The van der Waals surface area contributed by atoms with Gasteiger partial charge in [-0.3, -0.25) is 4.79 Å². The second kappa shape index (κ2) is 5.35. The molecule has 116 valence electrons. The molecule has 0 unspecified atom stereocenters. The summed E-state index contributed by atoms with van der Waals surface area (Å²) < 4.78 is 5.25. The van der Waals surface area contributed by atoms with Crippen LogP contribution < -0.4 is 5.73 Å². The lowest BCUT2D eigenvalue weighted by Gasteiger charge is -2.27. The molecule has 1 aliphatic heterocycles. The third-order valence-electron chi connectivity index (χ3n) is 4.09. The predicted octanol–water partition coefficient (Wildman–Crippen LogP) is 1.33. The minimum absolute atomic E-state index is 0.00638. The fourth-order valence-electron chi connectivity index (χ4n) is 2.85. The van der Waals surface area contributed by atoms with Gasteiger partial charge < -0.3 is 15.2 Å². The summed E-state index contributed by atoms with van der Waals surface area (Å²) in [6.45, 7) is 1.10. The first-order valence-electron chi connectivity index (χ1n) is 7.42. The number of hydrogen-bond acceptors (Lipinski definition) is 6. The lowest BCUT2D eigenvalue weighted by molar-refractivity contribution is -0.131. The number of rotatable bonds is 2. The van der Waals surface area contributed by atoms with Crippen LogP contribution in [0.4, 0.5) is 5.95 Å². The first-order chi connectivity index (χ1) is 11.2. The van der Waals surface area contributed by atoms with Gasteiger partial charge in [-0.15, -0.1) is 0 Å². The maximum atomic E-state index is 12.6. The number of anilines is 1. The zero-order valence-corrected chi connectivity index (χ0v) is 12.4. The monoisotopic (exact) mass is 309 g/mol. The number of nitrogens with zero attached hydrogens (tertiary/aromatic N) is 4. The predicted molar refractivity (Wildman–Crippen MR) is 83.3 cm³/mol. The maximum Gasteiger partial charge on any atom is 0.229 e. The SMILES string of the molecule is Nc1ncc2c(n1)CN(C(=O)Cc1noc3ccccc13)CC2. The van der Waals surface area contributed by atoms with Gasteiger partial charge in [0, 0.05) is 18.1 Å². The van der Waals surface area contributed by atoms with Gasteiger partial charge in [-0.25, -0.2) is 9.97 Å². The van der Waals surface area contributed by atoms with Gasteiger partial charge in [0.15, 0.2) is 5.58 Å². The average Bonchev–Trinajstić information content (AvgIpc) is 2.97. The van der Waals surface area contributed by atoms with Crippen molar-refractivity contribution in [1.82, 2.24) is 20.0 Å². The molecule has 7 heteroatoms. The van der Waals surface area contributed by atoms with Gasteiger partial charge in [0.25, 0.3) is 0 Å². The number of hydrogen-bond donors (Lipinski definition) is 1. The third kappa shape index (κ3) is 2.50. The summed E-state index contributed by atoms with van der Waals surface area (Å²) in [5, 5.41) is 4.90. The average molecular weight is 309 g/mol. The minimum Gasteiger partial charge on any atom is -0.368 e. The molecule has 0 fully saturated rings. The second-order valence-electron chi connectivity index (χ2n) is 5.57. The van der Waals surface area contributed by atoms with Crippen molar-refractivity contribution in [3.63, 3.8) is 0 Å². The van der Waals surface area contributed by atoms with Crippen molar-refractivity contribution < 1.29 is 9.32 Å². The number of carbonyl (C=O) groups is 1. The topological polar surface area (TPSA) is 98.1 Å². The van der Waals surface area contributed by atoms with Crippen molar-refractivity contribution in [1.29, 1.82) is 0 Å². The molecule has 0 aliphatic carbocycles. The zero-order valence-electron chi connectivity index (χ0n) is 12.4. The highest BCUT2D eigenvalue weighted by Crippen LogP contribution is 2.21. The summed E-state index contributed by atoms with van der Waals surface area (Å²) in [5.74, 6) is 0.243. The Kier molecular flexibility index (Phi) is 3.18. The van der Waals surface area contributed by atoms with Crippen LogP contribution in [0.15, 0.2) is 35.0 Å². The van der Waals surface area contributed by atoms with Gasteiger partial charge >= 0.3 is 0 Å². The molecule has 2 N–H and O–H groups in total. The molecular formula is C16H15N5O2.